The molecule has 3 aromatic carbocycles. The normalized spacial score (nSPS) is 11.5. The van der Waals surface area contributed by atoms with Gasteiger partial charge < -0.3 is 4.74 Å². The molecule has 0 aliphatic heterocycles. The molecule has 3 rings (SSSR count). The van der Waals surface area contributed by atoms with E-state index in [1.165, 1.54) is 17.3 Å². The van der Waals surface area contributed by atoms with Crippen LogP contribution in [0, 0.1) is 20.8 Å². The van der Waals surface area contributed by atoms with Gasteiger partial charge in [-0.1, -0.05) is 12.1 Å². The first kappa shape index (κ1) is 27.3. The Bertz CT molecular complexity index is 1340. The van der Waals surface area contributed by atoms with Crippen LogP contribution in [0.4, 0.5) is 5.69 Å². The molecule has 9 heteroatoms. The van der Waals surface area contributed by atoms with Gasteiger partial charge in [-0.15, -0.1) is 11.8 Å². The summed E-state index contributed by atoms with van der Waals surface area (Å²) in [6.45, 7) is 7.98. The number of anilines is 1. The lowest BCUT2D eigenvalue weighted by molar-refractivity contribution is -0.119. The Morgan fingerprint density at radius 3 is 2.28 bits per heavy atom. The largest absolute Gasteiger partial charge is 0.494 e. The fourth-order valence-electron chi connectivity index (χ4n) is 3.52. The standard InChI is InChI=1S/C27H31N3O4S2/c1-6-34-24-11-9-23(10-12-24)30(36(32,33)26-15-13-25(35-5)14-16-26)18-27(31)29-28-17-22-8-7-19(2)20(3)21(22)4/h7-17H,6,18H2,1-5H3,(H,29,31)/b28-17-. The quantitative estimate of drug-likeness (QED) is 0.227. The molecule has 0 spiro atoms. The highest BCUT2D eigenvalue weighted by Crippen LogP contribution is 2.27. The average molecular weight is 526 g/mol. The Kier molecular flexibility index (Phi) is 9.17. The molecular weight excluding hydrogens is 494 g/mol. The number of amides is 1. The number of thioether (sulfide) groups is 1. The summed E-state index contributed by atoms with van der Waals surface area (Å²) in [4.78, 5) is 13.8. The average Bonchev–Trinajstić information content (AvgIpc) is 2.88. The summed E-state index contributed by atoms with van der Waals surface area (Å²) in [6.07, 6.45) is 3.48. The van der Waals surface area contributed by atoms with Crippen molar-refractivity contribution in [1.29, 1.82) is 0 Å². The first-order chi connectivity index (χ1) is 17.2. The second kappa shape index (κ2) is 12.1. The van der Waals surface area contributed by atoms with Crippen molar-refractivity contribution in [2.45, 2.75) is 37.5 Å². The second-order valence-electron chi connectivity index (χ2n) is 8.13. The Morgan fingerprint density at radius 2 is 1.67 bits per heavy atom. The van der Waals surface area contributed by atoms with Crippen molar-refractivity contribution in [3.63, 3.8) is 0 Å². The van der Waals surface area contributed by atoms with Gasteiger partial charge in [0.15, 0.2) is 0 Å². The fourth-order valence-corrected chi connectivity index (χ4v) is 5.35. The van der Waals surface area contributed by atoms with Gasteiger partial charge in [-0.25, -0.2) is 13.8 Å². The third-order valence-corrected chi connectivity index (χ3v) is 8.39. The van der Waals surface area contributed by atoms with Gasteiger partial charge in [0.25, 0.3) is 15.9 Å². The van der Waals surface area contributed by atoms with Gasteiger partial charge in [0.2, 0.25) is 0 Å². The van der Waals surface area contributed by atoms with Crippen LogP contribution in [0.25, 0.3) is 0 Å². The topological polar surface area (TPSA) is 88.1 Å². The van der Waals surface area contributed by atoms with Gasteiger partial charge in [-0.2, -0.15) is 5.10 Å². The van der Waals surface area contributed by atoms with Crippen LogP contribution in [-0.4, -0.2) is 39.9 Å². The van der Waals surface area contributed by atoms with Crippen LogP contribution >= 0.6 is 11.8 Å². The van der Waals surface area contributed by atoms with E-state index in [0.29, 0.717) is 18.0 Å². The van der Waals surface area contributed by atoms with E-state index in [0.717, 1.165) is 25.9 Å². The lowest BCUT2D eigenvalue weighted by atomic mass is 10.00. The van der Waals surface area contributed by atoms with Crippen LogP contribution in [0.5, 0.6) is 5.75 Å². The summed E-state index contributed by atoms with van der Waals surface area (Å²) in [7, 11) is -4.02. The van der Waals surface area contributed by atoms with E-state index in [9.17, 15) is 13.2 Å². The van der Waals surface area contributed by atoms with Crippen LogP contribution in [0.1, 0.15) is 29.2 Å². The predicted octanol–water partition coefficient (Wildman–Crippen LogP) is 5.08. The van der Waals surface area contributed by atoms with E-state index in [1.54, 1.807) is 54.7 Å². The smallest absolute Gasteiger partial charge is 0.264 e. The predicted molar refractivity (Wildman–Crippen MR) is 147 cm³/mol. The molecule has 0 unspecified atom stereocenters. The molecule has 0 radical (unpaired) electrons. The van der Waals surface area contributed by atoms with Gasteiger partial charge in [0.1, 0.15) is 12.3 Å². The van der Waals surface area contributed by atoms with Gasteiger partial charge >= 0.3 is 0 Å². The summed E-state index contributed by atoms with van der Waals surface area (Å²) in [5.74, 6) is 0.0478. The number of benzene rings is 3. The lowest BCUT2D eigenvalue weighted by Crippen LogP contribution is -2.39. The summed E-state index contributed by atoms with van der Waals surface area (Å²) < 4.78 is 33.7. The molecule has 1 amide bonds. The molecule has 190 valence electrons. The number of nitrogens with one attached hydrogen (secondary N) is 1. The van der Waals surface area contributed by atoms with Crippen molar-refractivity contribution in [2.75, 3.05) is 23.7 Å². The van der Waals surface area contributed by atoms with Crippen molar-refractivity contribution >= 4 is 39.6 Å². The third kappa shape index (κ3) is 6.47. The molecule has 0 atom stereocenters. The van der Waals surface area contributed by atoms with E-state index >= 15 is 0 Å². The molecule has 7 nitrogen and oxygen atoms in total. The minimum atomic E-state index is -4.02. The van der Waals surface area contributed by atoms with Crippen LogP contribution in [0.15, 0.2) is 75.6 Å². The summed E-state index contributed by atoms with van der Waals surface area (Å²) in [5.41, 5.74) is 7.09. The van der Waals surface area contributed by atoms with Crippen LogP contribution in [0.2, 0.25) is 0 Å². The number of sulfonamides is 1. The Hall–Kier alpha value is -3.30. The number of nitrogens with zero attached hydrogens (tertiary/aromatic N) is 2. The number of hydrogen-bond acceptors (Lipinski definition) is 6. The number of carbonyl (C=O) groups is 1. The number of carbonyl (C=O) groups excluding carboxylic acids is 1. The van der Waals surface area contributed by atoms with Crippen LogP contribution in [-0.2, 0) is 14.8 Å². The fraction of sp³-hybridized carbons (Fsp3) is 0.259. The molecule has 0 heterocycles. The highest BCUT2D eigenvalue weighted by atomic mass is 32.2. The maximum atomic E-state index is 13.6. The maximum Gasteiger partial charge on any atom is 0.264 e. The Balaban J connectivity index is 1.86. The minimum absolute atomic E-state index is 0.0937. The Morgan fingerprint density at radius 1 is 1.00 bits per heavy atom. The zero-order chi connectivity index (χ0) is 26.3. The molecular formula is C27H31N3O4S2. The minimum Gasteiger partial charge on any atom is -0.494 e. The molecule has 1 N–H and O–H groups in total. The summed E-state index contributed by atoms with van der Waals surface area (Å²) >= 11 is 1.52. The van der Waals surface area contributed by atoms with Crippen molar-refractivity contribution < 1.29 is 17.9 Å². The van der Waals surface area contributed by atoms with Gasteiger partial charge in [0, 0.05) is 4.90 Å². The molecule has 0 saturated carbocycles. The summed E-state index contributed by atoms with van der Waals surface area (Å²) in [5, 5.41) is 4.07. The maximum absolute atomic E-state index is 13.6. The second-order valence-corrected chi connectivity index (χ2v) is 10.9. The van der Waals surface area contributed by atoms with Gasteiger partial charge in [0.05, 0.1) is 23.4 Å². The molecule has 0 fully saturated rings. The molecule has 0 bridgehead atoms. The number of rotatable bonds is 10. The lowest BCUT2D eigenvalue weighted by Gasteiger charge is -2.24. The van der Waals surface area contributed by atoms with Crippen molar-refractivity contribution in [3.8, 4) is 5.75 Å². The van der Waals surface area contributed by atoms with E-state index in [2.05, 4.69) is 10.5 Å². The number of hydrazone groups is 1. The van der Waals surface area contributed by atoms with Crippen molar-refractivity contribution in [2.24, 2.45) is 5.10 Å². The first-order valence-electron chi connectivity index (χ1n) is 11.5. The molecule has 36 heavy (non-hydrogen) atoms. The SMILES string of the molecule is CCOc1ccc(N(CC(=O)N/N=C\c2ccc(C)c(C)c2C)S(=O)(=O)c2ccc(SC)cc2)cc1. The zero-order valence-electron chi connectivity index (χ0n) is 21.1. The van der Waals surface area contributed by atoms with Gasteiger partial charge in [-0.05, 0) is 105 Å². The number of aryl methyl sites for hydroxylation is 1. The molecule has 0 saturated heterocycles. The zero-order valence-corrected chi connectivity index (χ0v) is 22.7. The van der Waals surface area contributed by atoms with E-state index in [4.69, 9.17) is 4.74 Å². The monoisotopic (exact) mass is 525 g/mol. The highest BCUT2D eigenvalue weighted by molar-refractivity contribution is 7.98. The molecule has 0 aliphatic carbocycles. The van der Waals surface area contributed by atoms with Crippen molar-refractivity contribution in [1.82, 2.24) is 5.43 Å². The highest BCUT2D eigenvalue weighted by Gasteiger charge is 2.27. The van der Waals surface area contributed by atoms with Crippen LogP contribution in [0.3, 0.4) is 0 Å². The van der Waals surface area contributed by atoms with E-state index in [-0.39, 0.29) is 4.90 Å². The Labute approximate surface area is 217 Å². The molecule has 0 aromatic heterocycles. The molecule has 0 aliphatic rings. The van der Waals surface area contributed by atoms with E-state index < -0.39 is 22.5 Å². The third-order valence-electron chi connectivity index (χ3n) is 5.86. The van der Waals surface area contributed by atoms with Crippen LogP contribution < -0.4 is 14.5 Å². The van der Waals surface area contributed by atoms with E-state index in [1.807, 2.05) is 46.1 Å². The van der Waals surface area contributed by atoms with Crippen molar-refractivity contribution in [3.05, 3.63) is 82.9 Å². The first-order valence-corrected chi connectivity index (χ1v) is 14.1. The molecule has 3 aromatic rings. The number of ether oxygens (including phenoxy) is 1. The van der Waals surface area contributed by atoms with Gasteiger partial charge in [-0.3, -0.25) is 9.10 Å². The summed E-state index contributed by atoms with van der Waals surface area (Å²) in [6, 6.07) is 17.1. The number of hydrogen-bond donors (Lipinski definition) is 1.